The van der Waals surface area contributed by atoms with Crippen LogP contribution in [0.15, 0.2) is 54.6 Å². The van der Waals surface area contributed by atoms with E-state index in [2.05, 4.69) is 15.1 Å². The van der Waals surface area contributed by atoms with E-state index < -0.39 is 0 Å². The third-order valence-electron chi connectivity index (χ3n) is 5.26. The highest BCUT2D eigenvalue weighted by Gasteiger charge is 2.23. The van der Waals surface area contributed by atoms with Crippen molar-refractivity contribution in [3.8, 4) is 22.8 Å². The molecular weight excluding hydrogens is 451 g/mol. The maximum Gasteiger partial charge on any atom is 0.260 e. The molecule has 1 amide bonds. The fraction of sp³-hybridized carbons (Fsp3) is 0.261. The van der Waals surface area contributed by atoms with Crippen molar-refractivity contribution < 1.29 is 14.3 Å². The van der Waals surface area contributed by atoms with Crippen LogP contribution in [0.5, 0.6) is 11.5 Å². The van der Waals surface area contributed by atoms with Crippen LogP contribution in [-0.2, 0) is 4.79 Å². The summed E-state index contributed by atoms with van der Waals surface area (Å²) < 4.78 is 10.7. The highest BCUT2D eigenvalue weighted by Crippen LogP contribution is 2.31. The van der Waals surface area contributed by atoms with Crippen LogP contribution in [0.25, 0.3) is 11.3 Å². The molecule has 3 aromatic rings. The number of rotatable bonds is 6. The number of hydrogen-bond donors (Lipinski definition) is 0. The van der Waals surface area contributed by atoms with Gasteiger partial charge >= 0.3 is 0 Å². The molecule has 9 heteroatoms. The Morgan fingerprint density at radius 2 is 1.72 bits per heavy atom. The molecule has 0 atom stereocenters. The van der Waals surface area contributed by atoms with E-state index in [1.807, 2.05) is 36.4 Å². The predicted octanol–water partition coefficient (Wildman–Crippen LogP) is 4.19. The molecule has 1 aromatic heterocycles. The second kappa shape index (κ2) is 10.1. The lowest BCUT2D eigenvalue weighted by Gasteiger charge is -2.35. The lowest BCUT2D eigenvalue weighted by Crippen LogP contribution is -2.50. The van der Waals surface area contributed by atoms with Crippen LogP contribution in [0.1, 0.15) is 0 Å². The second-order valence-electron chi connectivity index (χ2n) is 7.21. The molecule has 1 saturated heterocycles. The first-order valence-electron chi connectivity index (χ1n) is 10.1. The molecule has 0 aliphatic carbocycles. The fourth-order valence-corrected chi connectivity index (χ4v) is 3.77. The van der Waals surface area contributed by atoms with Crippen LogP contribution < -0.4 is 14.4 Å². The highest BCUT2D eigenvalue weighted by molar-refractivity contribution is 6.42. The number of halogens is 2. The van der Waals surface area contributed by atoms with Gasteiger partial charge in [-0.2, -0.15) is 0 Å². The summed E-state index contributed by atoms with van der Waals surface area (Å²) in [6, 6.07) is 16.7. The van der Waals surface area contributed by atoms with Gasteiger partial charge in [-0.25, -0.2) is 0 Å². The number of aromatic nitrogens is 2. The molecular formula is C23H22Cl2N4O3. The molecule has 0 bridgehead atoms. The fourth-order valence-electron chi connectivity index (χ4n) is 3.42. The van der Waals surface area contributed by atoms with E-state index in [1.54, 1.807) is 30.2 Å². The van der Waals surface area contributed by atoms with Crippen molar-refractivity contribution >= 4 is 34.9 Å². The smallest absolute Gasteiger partial charge is 0.260 e. The number of nitrogens with zero attached hydrogens (tertiary/aromatic N) is 4. The van der Waals surface area contributed by atoms with Crippen LogP contribution in [0, 0.1) is 0 Å². The van der Waals surface area contributed by atoms with Crippen LogP contribution in [0.2, 0.25) is 10.0 Å². The standard InChI is InChI=1S/C23H22Cl2N4O3/c1-31-17-7-5-16(6-8-17)19-9-10-21(27-26-19)28-11-13-29(14-12-28)22(30)15-32-20-4-2-3-18(24)23(20)25/h2-10H,11-15H2,1H3. The van der Waals surface area contributed by atoms with Crippen LogP contribution in [-0.4, -0.2) is 60.9 Å². The Morgan fingerprint density at radius 1 is 0.969 bits per heavy atom. The zero-order chi connectivity index (χ0) is 22.5. The van der Waals surface area contributed by atoms with Crippen molar-refractivity contribution in [2.45, 2.75) is 0 Å². The summed E-state index contributed by atoms with van der Waals surface area (Å²) in [5.74, 6) is 1.89. The van der Waals surface area contributed by atoms with E-state index in [-0.39, 0.29) is 12.5 Å². The minimum Gasteiger partial charge on any atom is -0.497 e. The molecule has 1 fully saturated rings. The third kappa shape index (κ3) is 5.06. The van der Waals surface area contributed by atoms with E-state index in [0.717, 1.165) is 22.8 Å². The minimum atomic E-state index is -0.0957. The summed E-state index contributed by atoms with van der Waals surface area (Å²) in [6.07, 6.45) is 0. The number of ether oxygens (including phenoxy) is 2. The van der Waals surface area contributed by atoms with Gasteiger partial charge in [0.2, 0.25) is 0 Å². The van der Waals surface area contributed by atoms with Crippen molar-refractivity contribution in [3.63, 3.8) is 0 Å². The van der Waals surface area contributed by atoms with Crippen molar-refractivity contribution in [2.75, 3.05) is 44.8 Å². The first-order chi connectivity index (χ1) is 15.5. The summed E-state index contributed by atoms with van der Waals surface area (Å²) in [5, 5.41) is 9.43. The molecule has 1 aliphatic heterocycles. The van der Waals surface area contributed by atoms with Gasteiger partial charge in [0.1, 0.15) is 16.5 Å². The van der Waals surface area contributed by atoms with Crippen molar-refractivity contribution in [2.24, 2.45) is 0 Å². The zero-order valence-electron chi connectivity index (χ0n) is 17.5. The van der Waals surface area contributed by atoms with Crippen molar-refractivity contribution in [1.29, 1.82) is 0 Å². The lowest BCUT2D eigenvalue weighted by molar-refractivity contribution is -0.133. The largest absolute Gasteiger partial charge is 0.497 e. The number of carbonyl (C=O) groups excluding carboxylic acids is 1. The number of hydrogen-bond acceptors (Lipinski definition) is 6. The Labute approximate surface area is 196 Å². The summed E-state index contributed by atoms with van der Waals surface area (Å²) in [7, 11) is 1.64. The van der Waals surface area contributed by atoms with E-state index in [4.69, 9.17) is 32.7 Å². The maximum atomic E-state index is 12.5. The van der Waals surface area contributed by atoms with E-state index in [0.29, 0.717) is 42.0 Å². The minimum absolute atomic E-state index is 0.0869. The van der Waals surface area contributed by atoms with Gasteiger partial charge in [0.05, 0.1) is 17.8 Å². The van der Waals surface area contributed by atoms with Crippen molar-refractivity contribution in [3.05, 3.63) is 64.6 Å². The average molecular weight is 473 g/mol. The summed E-state index contributed by atoms with van der Waals surface area (Å²) in [4.78, 5) is 16.4. The molecule has 0 spiro atoms. The Morgan fingerprint density at radius 3 is 2.38 bits per heavy atom. The van der Waals surface area contributed by atoms with Crippen LogP contribution in [0.4, 0.5) is 5.82 Å². The number of piperazine rings is 1. The number of anilines is 1. The molecule has 166 valence electrons. The third-order valence-corrected chi connectivity index (χ3v) is 6.06. The first kappa shape index (κ1) is 22.2. The maximum absolute atomic E-state index is 12.5. The molecule has 0 N–H and O–H groups in total. The highest BCUT2D eigenvalue weighted by atomic mass is 35.5. The summed E-state index contributed by atoms with van der Waals surface area (Å²) in [6.45, 7) is 2.40. The van der Waals surface area contributed by atoms with Gasteiger partial charge in [-0.15, -0.1) is 10.2 Å². The average Bonchev–Trinajstić information content (AvgIpc) is 2.85. The Balaban J connectivity index is 1.30. The van der Waals surface area contributed by atoms with E-state index in [1.165, 1.54) is 0 Å². The Kier molecular flexibility index (Phi) is 6.97. The van der Waals surface area contributed by atoms with Crippen molar-refractivity contribution in [1.82, 2.24) is 15.1 Å². The lowest BCUT2D eigenvalue weighted by atomic mass is 10.1. The normalized spacial score (nSPS) is 13.7. The van der Waals surface area contributed by atoms with Gasteiger partial charge in [-0.05, 0) is 48.5 Å². The quantitative estimate of drug-likeness (QED) is 0.535. The SMILES string of the molecule is COc1ccc(-c2ccc(N3CCN(C(=O)COc4cccc(Cl)c4Cl)CC3)nn2)cc1. The number of methoxy groups -OCH3 is 1. The molecule has 0 unspecified atom stereocenters. The molecule has 4 rings (SSSR count). The number of carbonyl (C=O) groups is 1. The molecule has 0 saturated carbocycles. The van der Waals surface area contributed by atoms with Crippen LogP contribution in [0.3, 0.4) is 0 Å². The molecule has 1 aliphatic rings. The summed E-state index contributed by atoms with van der Waals surface area (Å²) >= 11 is 12.1. The predicted molar refractivity (Wildman–Crippen MR) is 125 cm³/mol. The van der Waals surface area contributed by atoms with Crippen LogP contribution >= 0.6 is 23.2 Å². The Bertz CT molecular complexity index is 1070. The van der Waals surface area contributed by atoms with Gasteiger partial charge in [0.15, 0.2) is 12.4 Å². The van der Waals surface area contributed by atoms with Gasteiger partial charge in [0.25, 0.3) is 5.91 Å². The monoisotopic (exact) mass is 472 g/mol. The Hall–Kier alpha value is -3.03. The molecule has 7 nitrogen and oxygen atoms in total. The van der Waals surface area contributed by atoms with E-state index >= 15 is 0 Å². The second-order valence-corrected chi connectivity index (χ2v) is 8.00. The topological polar surface area (TPSA) is 67.8 Å². The van der Waals surface area contributed by atoms with Gasteiger partial charge in [-0.3, -0.25) is 4.79 Å². The number of amides is 1. The molecule has 32 heavy (non-hydrogen) atoms. The van der Waals surface area contributed by atoms with Gasteiger partial charge in [0, 0.05) is 31.7 Å². The molecule has 0 radical (unpaired) electrons. The van der Waals surface area contributed by atoms with Gasteiger partial charge < -0.3 is 19.3 Å². The van der Waals surface area contributed by atoms with E-state index in [9.17, 15) is 4.79 Å². The number of benzene rings is 2. The molecule has 2 heterocycles. The molecule has 2 aromatic carbocycles. The summed E-state index contributed by atoms with van der Waals surface area (Å²) in [5.41, 5.74) is 1.77. The zero-order valence-corrected chi connectivity index (χ0v) is 19.0. The first-order valence-corrected chi connectivity index (χ1v) is 10.9. The van der Waals surface area contributed by atoms with Gasteiger partial charge in [-0.1, -0.05) is 29.3 Å².